The predicted octanol–water partition coefficient (Wildman–Crippen LogP) is 1.80. The molecule has 0 saturated heterocycles. The van der Waals surface area contributed by atoms with Crippen molar-refractivity contribution >= 4 is 56.8 Å². The number of amides is 3. The van der Waals surface area contributed by atoms with Crippen LogP contribution in [0.3, 0.4) is 0 Å². The number of carbonyl (C=O) groups is 3. The Balaban J connectivity index is 2.03. The van der Waals surface area contributed by atoms with Crippen molar-refractivity contribution in [2.24, 2.45) is 22.2 Å². The summed E-state index contributed by atoms with van der Waals surface area (Å²) in [5, 5.41) is 5.40. The van der Waals surface area contributed by atoms with Crippen LogP contribution in [-0.4, -0.2) is 65.3 Å². The summed E-state index contributed by atoms with van der Waals surface area (Å²) in [4.78, 5) is 63.2. The maximum Gasteiger partial charge on any atom is 0.255 e. The molecule has 230 valence electrons. The maximum absolute atomic E-state index is 14.6. The van der Waals surface area contributed by atoms with Gasteiger partial charge in [0.1, 0.15) is 18.0 Å². The Morgan fingerprint density at radius 2 is 1.79 bits per heavy atom. The Hall–Kier alpha value is -4.06. The van der Waals surface area contributed by atoms with Crippen LogP contribution < -0.4 is 32.7 Å². The number of aromatic nitrogens is 1. The van der Waals surface area contributed by atoms with Gasteiger partial charge < -0.3 is 32.7 Å². The van der Waals surface area contributed by atoms with Gasteiger partial charge in [-0.25, -0.2) is 4.79 Å². The number of guanidine groups is 1. The minimum Gasteiger partial charge on any atom is -0.370 e. The van der Waals surface area contributed by atoms with E-state index < -0.39 is 35.8 Å². The Labute approximate surface area is 259 Å². The maximum atomic E-state index is 14.6. The molecule has 12 nitrogen and oxygen atoms in total. The second kappa shape index (κ2) is 16.5. The Kier molecular flexibility index (Phi) is 12.9. The Morgan fingerprint density at radius 1 is 1.09 bits per heavy atom. The third-order valence-corrected chi connectivity index (χ3v) is 7.59. The third-order valence-electron chi connectivity index (χ3n) is 7.15. The van der Waals surface area contributed by atoms with Crippen molar-refractivity contribution < 1.29 is 19.2 Å². The first-order valence-corrected chi connectivity index (χ1v) is 15.1. The van der Waals surface area contributed by atoms with Crippen LogP contribution in [0, 0.1) is 0 Å². The summed E-state index contributed by atoms with van der Waals surface area (Å²) in [5.74, 6) is 0.0811. The van der Waals surface area contributed by atoms with E-state index in [1.165, 1.54) is 6.92 Å². The second-order valence-electron chi connectivity index (χ2n) is 10.5. The smallest absolute Gasteiger partial charge is 0.255 e. The fourth-order valence-corrected chi connectivity index (χ4v) is 5.36. The molecule has 1 aromatic carbocycles. The van der Waals surface area contributed by atoms with Gasteiger partial charge in [0.2, 0.25) is 11.8 Å². The number of hydrogen-bond donors (Lipinski definition) is 5. The van der Waals surface area contributed by atoms with Crippen molar-refractivity contribution in [1.29, 1.82) is 0 Å². The van der Waals surface area contributed by atoms with Gasteiger partial charge in [0.25, 0.3) is 5.91 Å². The normalized spacial score (nSPS) is 15.2. The molecule has 0 unspecified atom stereocenters. The topological polar surface area (TPSA) is 199 Å². The SMILES string of the molecule is C[C@H](N)C(=O)N[C@@H](CCCN=C(N)N)C(=O)N[C@H](C(=O)N(c1cncc(Br)c1)C1CCCCC1)C(=C=O)c1ccccc1. The lowest BCUT2D eigenvalue weighted by Crippen LogP contribution is -2.57. The highest BCUT2D eigenvalue weighted by Crippen LogP contribution is 2.31. The van der Waals surface area contributed by atoms with E-state index in [1.807, 2.05) is 5.94 Å². The zero-order valence-electron chi connectivity index (χ0n) is 24.2. The van der Waals surface area contributed by atoms with Crippen LogP contribution in [0.5, 0.6) is 0 Å². The van der Waals surface area contributed by atoms with Crippen molar-refractivity contribution in [3.63, 3.8) is 0 Å². The minimum absolute atomic E-state index is 0.0412. The van der Waals surface area contributed by atoms with Gasteiger partial charge in [0.05, 0.1) is 23.5 Å². The van der Waals surface area contributed by atoms with Gasteiger partial charge in [-0.1, -0.05) is 49.6 Å². The fourth-order valence-electron chi connectivity index (χ4n) is 5.01. The number of aliphatic imine (C=N–C) groups is 1. The van der Waals surface area contributed by atoms with Crippen LogP contribution in [0.1, 0.15) is 57.4 Å². The first-order valence-electron chi connectivity index (χ1n) is 14.3. The molecule has 0 radical (unpaired) electrons. The van der Waals surface area contributed by atoms with E-state index in [1.54, 1.807) is 53.7 Å². The molecule has 13 heteroatoms. The van der Waals surface area contributed by atoms with E-state index in [9.17, 15) is 19.2 Å². The molecule has 1 saturated carbocycles. The lowest BCUT2D eigenvalue weighted by atomic mass is 9.91. The van der Waals surface area contributed by atoms with Crippen molar-refractivity contribution in [2.75, 3.05) is 11.4 Å². The van der Waals surface area contributed by atoms with Crippen molar-refractivity contribution in [1.82, 2.24) is 15.6 Å². The number of rotatable bonds is 13. The average molecular weight is 656 g/mol. The fraction of sp³-hybridized carbons (Fsp3) is 0.433. The molecule has 2 aromatic rings. The van der Waals surface area contributed by atoms with Crippen molar-refractivity contribution in [2.45, 2.75) is 76.0 Å². The summed E-state index contributed by atoms with van der Waals surface area (Å²) >= 11 is 3.44. The monoisotopic (exact) mass is 654 g/mol. The lowest BCUT2D eigenvalue weighted by Gasteiger charge is -2.37. The summed E-state index contributed by atoms with van der Waals surface area (Å²) in [6.07, 6.45) is 8.12. The molecule has 1 fully saturated rings. The average Bonchev–Trinajstić information content (AvgIpc) is 2.99. The van der Waals surface area contributed by atoms with E-state index in [2.05, 4.69) is 36.5 Å². The highest BCUT2D eigenvalue weighted by molar-refractivity contribution is 9.10. The van der Waals surface area contributed by atoms with Gasteiger partial charge in [-0.05, 0) is 60.2 Å². The van der Waals surface area contributed by atoms with Gasteiger partial charge in [0, 0.05) is 23.3 Å². The number of carbonyl (C=O) groups excluding carboxylic acids is 4. The molecular weight excluding hydrogens is 616 g/mol. The first-order chi connectivity index (χ1) is 20.6. The van der Waals surface area contributed by atoms with E-state index in [0.717, 1.165) is 32.1 Å². The highest BCUT2D eigenvalue weighted by atomic mass is 79.9. The second-order valence-corrected chi connectivity index (χ2v) is 11.4. The largest absolute Gasteiger partial charge is 0.370 e. The Bertz CT molecular complexity index is 1340. The zero-order chi connectivity index (χ0) is 31.4. The standard InChI is InChI=1S/C30H39BrN8O4/c1-19(32)27(41)37-25(13-8-14-36-30(33)34)28(42)38-26(24(18-40)20-9-4-2-5-10-20)29(43)39(22-11-6-3-7-12-22)23-15-21(31)16-35-17-23/h2,4-5,9-10,15-17,19,22,25-26H,3,6-8,11-14,32H2,1H3,(H,37,41)(H,38,42)(H4,33,34,36)/t19-,25-,26-/m0/s1. The van der Waals surface area contributed by atoms with Crippen LogP contribution in [0.15, 0.2) is 58.3 Å². The molecule has 3 amide bonds. The predicted molar refractivity (Wildman–Crippen MR) is 169 cm³/mol. The molecule has 1 aromatic heterocycles. The number of nitrogens with zero attached hydrogens (tertiary/aromatic N) is 3. The van der Waals surface area contributed by atoms with E-state index >= 15 is 0 Å². The number of benzene rings is 1. The summed E-state index contributed by atoms with van der Waals surface area (Å²) < 4.78 is 0.674. The van der Waals surface area contributed by atoms with Gasteiger partial charge in [-0.2, -0.15) is 0 Å². The quantitative estimate of drug-likeness (QED) is 0.0931. The van der Waals surface area contributed by atoms with Crippen molar-refractivity contribution in [3.8, 4) is 0 Å². The number of nitrogens with two attached hydrogens (primary N) is 3. The van der Waals surface area contributed by atoms with E-state index in [-0.39, 0.29) is 30.5 Å². The highest BCUT2D eigenvalue weighted by Gasteiger charge is 2.37. The van der Waals surface area contributed by atoms with Gasteiger partial charge in [0.15, 0.2) is 5.96 Å². The van der Waals surface area contributed by atoms with Gasteiger partial charge in [-0.3, -0.25) is 24.4 Å². The summed E-state index contributed by atoms with van der Waals surface area (Å²) in [5.41, 5.74) is 17.5. The molecule has 3 atom stereocenters. The van der Waals surface area contributed by atoms with Gasteiger partial charge >= 0.3 is 0 Å². The summed E-state index contributed by atoms with van der Waals surface area (Å²) in [6, 6.07) is 6.79. The van der Waals surface area contributed by atoms with E-state index in [0.29, 0.717) is 22.1 Å². The zero-order valence-corrected chi connectivity index (χ0v) is 25.8. The molecular formula is C30H39BrN8O4. The van der Waals surface area contributed by atoms with E-state index in [4.69, 9.17) is 17.2 Å². The molecule has 43 heavy (non-hydrogen) atoms. The number of hydrogen-bond acceptors (Lipinski definition) is 7. The molecule has 1 aliphatic rings. The number of halogens is 1. The number of anilines is 1. The van der Waals surface area contributed by atoms with Crippen LogP contribution >= 0.6 is 15.9 Å². The van der Waals surface area contributed by atoms with Gasteiger partial charge in [-0.15, -0.1) is 0 Å². The summed E-state index contributed by atoms with van der Waals surface area (Å²) in [6.45, 7) is 1.71. The van der Waals surface area contributed by atoms with Crippen LogP contribution in [0.2, 0.25) is 0 Å². The minimum atomic E-state index is -1.42. The van der Waals surface area contributed by atoms with Crippen LogP contribution in [-0.2, 0) is 19.2 Å². The molecule has 0 aliphatic heterocycles. The molecule has 0 spiro atoms. The third kappa shape index (κ3) is 9.74. The Morgan fingerprint density at radius 3 is 2.40 bits per heavy atom. The van der Waals surface area contributed by atoms with Crippen LogP contribution in [0.4, 0.5) is 5.69 Å². The number of nitrogens with one attached hydrogen (secondary N) is 2. The van der Waals surface area contributed by atoms with Crippen LogP contribution in [0.25, 0.3) is 5.57 Å². The van der Waals surface area contributed by atoms with Crippen molar-refractivity contribution in [3.05, 3.63) is 58.8 Å². The lowest BCUT2D eigenvalue weighted by molar-refractivity contribution is -0.131. The molecule has 3 rings (SSSR count). The summed E-state index contributed by atoms with van der Waals surface area (Å²) in [7, 11) is 0. The molecule has 0 bridgehead atoms. The molecule has 8 N–H and O–H groups in total. The molecule has 1 aliphatic carbocycles. The number of pyridine rings is 1. The molecule has 1 heterocycles. The first kappa shape index (κ1) is 33.4.